The van der Waals surface area contributed by atoms with E-state index in [4.69, 9.17) is 37.9 Å². The van der Waals surface area contributed by atoms with Gasteiger partial charge in [-0.2, -0.15) is 0 Å². The van der Waals surface area contributed by atoms with Crippen molar-refractivity contribution in [3.63, 3.8) is 0 Å². The lowest BCUT2D eigenvalue weighted by Gasteiger charge is -2.22. The van der Waals surface area contributed by atoms with E-state index in [2.05, 4.69) is 0 Å². The Morgan fingerprint density at radius 2 is 1.26 bits per heavy atom. The Bertz CT molecular complexity index is 1030. The summed E-state index contributed by atoms with van der Waals surface area (Å²) in [6.07, 6.45) is 0. The molecule has 10 heteroatoms. The number of esters is 2. The fourth-order valence-electron chi connectivity index (χ4n) is 3.40. The highest BCUT2D eigenvalue weighted by Gasteiger charge is 2.35. The lowest BCUT2D eigenvalue weighted by Crippen LogP contribution is -2.11. The van der Waals surface area contributed by atoms with Gasteiger partial charge in [0.1, 0.15) is 0 Å². The first-order valence-electron chi connectivity index (χ1n) is 8.97. The predicted octanol–water partition coefficient (Wildman–Crippen LogP) is 2.69. The van der Waals surface area contributed by atoms with Crippen LogP contribution in [0.1, 0.15) is 20.7 Å². The number of benzene rings is 2. The maximum Gasteiger partial charge on any atom is 0.338 e. The number of fused-ring (bicyclic) bond motifs is 1. The van der Waals surface area contributed by atoms with Crippen LogP contribution < -0.4 is 28.4 Å². The molecule has 0 fully saturated rings. The third-order valence-electron chi connectivity index (χ3n) is 4.71. The van der Waals surface area contributed by atoms with Crippen LogP contribution in [-0.2, 0) is 9.47 Å². The number of rotatable bonds is 7. The van der Waals surface area contributed by atoms with E-state index in [0.717, 1.165) is 0 Å². The molecule has 166 valence electrons. The number of carbonyl (C=O) groups is 2. The average Bonchev–Trinajstić information content (AvgIpc) is 3.28. The highest BCUT2D eigenvalue weighted by Crippen LogP contribution is 2.55. The van der Waals surface area contributed by atoms with Crippen LogP contribution in [0.5, 0.6) is 34.5 Å². The van der Waals surface area contributed by atoms with Crippen LogP contribution in [0.3, 0.4) is 0 Å². The van der Waals surface area contributed by atoms with E-state index in [9.17, 15) is 9.59 Å². The molecule has 3 rings (SSSR count). The van der Waals surface area contributed by atoms with Crippen molar-refractivity contribution in [1.29, 1.82) is 0 Å². The molecule has 0 radical (unpaired) electrons. The van der Waals surface area contributed by atoms with Crippen molar-refractivity contribution >= 4 is 11.9 Å². The molecule has 10 nitrogen and oxygen atoms in total. The molecule has 0 amide bonds. The van der Waals surface area contributed by atoms with E-state index in [1.807, 2.05) is 0 Å². The molecular weight excluding hydrogens is 412 g/mol. The van der Waals surface area contributed by atoms with E-state index in [0.29, 0.717) is 5.75 Å². The molecule has 0 N–H and O–H groups in total. The van der Waals surface area contributed by atoms with Gasteiger partial charge >= 0.3 is 11.9 Å². The molecular formula is C21H22O10. The van der Waals surface area contributed by atoms with Gasteiger partial charge in [-0.3, -0.25) is 0 Å². The van der Waals surface area contributed by atoms with E-state index >= 15 is 0 Å². The third kappa shape index (κ3) is 3.49. The molecule has 1 heterocycles. The summed E-state index contributed by atoms with van der Waals surface area (Å²) < 4.78 is 42.9. The topological polar surface area (TPSA) is 108 Å². The summed E-state index contributed by atoms with van der Waals surface area (Å²) in [5, 5.41) is 0. The molecule has 0 unspecified atom stereocenters. The molecule has 0 aliphatic carbocycles. The monoisotopic (exact) mass is 434 g/mol. The summed E-state index contributed by atoms with van der Waals surface area (Å²) in [5.74, 6) is -0.163. The molecule has 2 aromatic carbocycles. The van der Waals surface area contributed by atoms with E-state index in [1.165, 1.54) is 54.8 Å². The van der Waals surface area contributed by atoms with Crippen molar-refractivity contribution in [3.8, 4) is 45.6 Å². The van der Waals surface area contributed by atoms with E-state index in [-0.39, 0.29) is 57.8 Å². The normalized spacial score (nSPS) is 11.5. The first-order chi connectivity index (χ1) is 15.0. The zero-order valence-electron chi connectivity index (χ0n) is 17.9. The quantitative estimate of drug-likeness (QED) is 0.604. The molecule has 0 atom stereocenters. The Hall–Kier alpha value is -3.82. The lowest BCUT2D eigenvalue weighted by atomic mass is 9.91. The van der Waals surface area contributed by atoms with Crippen LogP contribution in [0.4, 0.5) is 0 Å². The van der Waals surface area contributed by atoms with Crippen molar-refractivity contribution in [2.75, 3.05) is 49.5 Å². The smallest absolute Gasteiger partial charge is 0.338 e. The number of ether oxygens (including phenoxy) is 8. The number of hydrogen-bond donors (Lipinski definition) is 0. The zero-order valence-corrected chi connectivity index (χ0v) is 17.9. The van der Waals surface area contributed by atoms with Crippen molar-refractivity contribution in [3.05, 3.63) is 23.3 Å². The van der Waals surface area contributed by atoms with Gasteiger partial charge in [0.05, 0.1) is 53.8 Å². The summed E-state index contributed by atoms with van der Waals surface area (Å²) in [5.41, 5.74) is 0.443. The van der Waals surface area contributed by atoms with Crippen LogP contribution in [0.15, 0.2) is 12.1 Å². The molecule has 31 heavy (non-hydrogen) atoms. The van der Waals surface area contributed by atoms with Crippen LogP contribution in [0.2, 0.25) is 0 Å². The Morgan fingerprint density at radius 1 is 0.710 bits per heavy atom. The molecule has 2 aromatic rings. The second-order valence-corrected chi connectivity index (χ2v) is 6.12. The highest BCUT2D eigenvalue weighted by molar-refractivity contribution is 6.08. The van der Waals surface area contributed by atoms with Crippen molar-refractivity contribution in [1.82, 2.24) is 0 Å². The average molecular weight is 434 g/mol. The zero-order chi connectivity index (χ0) is 22.7. The van der Waals surface area contributed by atoms with Crippen molar-refractivity contribution in [2.45, 2.75) is 0 Å². The van der Waals surface area contributed by atoms with E-state index in [1.54, 1.807) is 0 Å². The largest absolute Gasteiger partial charge is 0.493 e. The third-order valence-corrected chi connectivity index (χ3v) is 4.71. The summed E-state index contributed by atoms with van der Waals surface area (Å²) in [6.45, 7) is -0.0668. The van der Waals surface area contributed by atoms with Crippen LogP contribution >= 0.6 is 0 Å². The molecule has 0 saturated carbocycles. The number of hydrogen-bond acceptors (Lipinski definition) is 10. The Kier molecular flexibility index (Phi) is 6.28. The maximum absolute atomic E-state index is 12.7. The summed E-state index contributed by atoms with van der Waals surface area (Å²) >= 11 is 0. The fourth-order valence-corrected chi connectivity index (χ4v) is 3.40. The number of carbonyl (C=O) groups excluding carboxylic acids is 2. The van der Waals surface area contributed by atoms with Gasteiger partial charge in [0.25, 0.3) is 0 Å². The molecule has 0 bridgehead atoms. The van der Waals surface area contributed by atoms with Crippen LogP contribution in [0.25, 0.3) is 11.1 Å². The minimum absolute atomic E-state index is 0.0410. The molecule has 0 aromatic heterocycles. The van der Waals surface area contributed by atoms with Gasteiger partial charge in [-0.25, -0.2) is 9.59 Å². The van der Waals surface area contributed by atoms with Gasteiger partial charge in [-0.1, -0.05) is 0 Å². The standard InChI is InChI=1S/C21H22O10/c1-24-12-7-10(20(22)28-5)14(18(26-3)16(12)25-2)15-11(21(23)29-6)8-13-17(19(15)27-4)31-9-30-13/h7-8H,9H2,1-6H3. The van der Waals surface area contributed by atoms with Gasteiger partial charge in [0.2, 0.25) is 18.3 Å². The van der Waals surface area contributed by atoms with Gasteiger partial charge in [-0.05, 0) is 12.1 Å². The van der Waals surface area contributed by atoms with Crippen molar-refractivity contribution in [2.24, 2.45) is 0 Å². The first kappa shape index (κ1) is 21.9. The number of methoxy groups -OCH3 is 6. The summed E-state index contributed by atoms with van der Waals surface area (Å²) in [4.78, 5) is 25.5. The summed E-state index contributed by atoms with van der Waals surface area (Å²) in [7, 11) is 8.08. The second-order valence-electron chi connectivity index (χ2n) is 6.12. The fraction of sp³-hybridized carbons (Fsp3) is 0.333. The Morgan fingerprint density at radius 3 is 1.77 bits per heavy atom. The Labute approximate surface area is 178 Å². The Balaban J connectivity index is 2.55. The predicted molar refractivity (Wildman–Crippen MR) is 107 cm³/mol. The second kappa shape index (κ2) is 8.90. The van der Waals surface area contributed by atoms with Gasteiger partial charge < -0.3 is 37.9 Å². The molecule has 1 aliphatic heterocycles. The van der Waals surface area contributed by atoms with Crippen LogP contribution in [-0.4, -0.2) is 61.4 Å². The summed E-state index contributed by atoms with van der Waals surface area (Å²) in [6, 6.07) is 2.87. The highest BCUT2D eigenvalue weighted by atomic mass is 16.7. The van der Waals surface area contributed by atoms with Crippen LogP contribution in [0, 0.1) is 0 Å². The van der Waals surface area contributed by atoms with Crippen molar-refractivity contribution < 1.29 is 47.5 Å². The molecule has 1 aliphatic rings. The lowest BCUT2D eigenvalue weighted by molar-refractivity contribution is 0.0589. The minimum Gasteiger partial charge on any atom is -0.493 e. The van der Waals surface area contributed by atoms with Gasteiger partial charge in [-0.15, -0.1) is 0 Å². The molecule has 0 saturated heterocycles. The molecule has 0 spiro atoms. The van der Waals surface area contributed by atoms with Gasteiger partial charge in [0, 0.05) is 11.1 Å². The SMILES string of the molecule is COC(=O)c1cc(OC)c(OC)c(OC)c1-c1c(C(=O)OC)cc2c(c1OC)OCO2. The first-order valence-corrected chi connectivity index (χ1v) is 8.97. The minimum atomic E-state index is -0.704. The maximum atomic E-state index is 12.7. The van der Waals surface area contributed by atoms with E-state index < -0.39 is 11.9 Å². The van der Waals surface area contributed by atoms with Gasteiger partial charge in [0.15, 0.2) is 23.0 Å².